The average molecular weight is 265 g/mol. The second kappa shape index (κ2) is 5.26. The molecule has 3 rings (SSSR count). The Kier molecular flexibility index (Phi) is 3.46. The summed E-state index contributed by atoms with van der Waals surface area (Å²) in [5.41, 5.74) is 0.286. The zero-order chi connectivity index (χ0) is 14.0. The largest absolute Gasteiger partial charge is 0.387 e. The minimum Gasteiger partial charge on any atom is -0.387 e. The first-order valence-electron chi connectivity index (χ1n) is 7.34. The minimum absolute atomic E-state index is 0.609. The summed E-state index contributed by atoms with van der Waals surface area (Å²) in [5, 5.41) is 22.7. The van der Waals surface area contributed by atoms with Crippen LogP contribution in [0.3, 0.4) is 0 Å². The van der Waals surface area contributed by atoms with Gasteiger partial charge >= 0.3 is 0 Å². The van der Waals surface area contributed by atoms with Gasteiger partial charge in [-0.15, -0.1) is 0 Å². The van der Waals surface area contributed by atoms with Gasteiger partial charge in [0, 0.05) is 0 Å². The average Bonchev–Trinajstić information content (AvgIpc) is 2.54. The van der Waals surface area contributed by atoms with Gasteiger partial charge in [0.05, 0.1) is 17.6 Å². The lowest BCUT2D eigenvalue weighted by Gasteiger charge is -2.35. The zero-order valence-corrected chi connectivity index (χ0v) is 11.5. The molecule has 0 spiro atoms. The highest BCUT2D eigenvalue weighted by molar-refractivity contribution is 5.86. The number of hydrogen-bond donors (Lipinski definition) is 1. The maximum absolute atomic E-state index is 10.9. The Balaban J connectivity index is 2.08. The van der Waals surface area contributed by atoms with Crippen molar-refractivity contribution in [1.82, 2.24) is 0 Å². The Hall–Kier alpha value is -1.85. The smallest absolute Gasteiger partial charge is 0.0982 e. The van der Waals surface area contributed by atoms with Crippen LogP contribution in [0, 0.1) is 16.7 Å². The third-order valence-electron chi connectivity index (χ3n) is 4.61. The molecule has 2 heteroatoms. The van der Waals surface area contributed by atoms with Crippen molar-refractivity contribution >= 4 is 10.8 Å². The van der Waals surface area contributed by atoms with E-state index in [0.29, 0.717) is 0 Å². The standard InChI is InChI=1S/C18H19NO/c19-13-18(11-4-1-5-12-18)17(20)16-10-6-8-14-7-2-3-9-15(14)16/h2-3,6-10,17,20H,1,4-5,11-12H2. The van der Waals surface area contributed by atoms with E-state index in [0.717, 1.165) is 42.0 Å². The van der Waals surface area contributed by atoms with Crippen LogP contribution in [0.15, 0.2) is 42.5 Å². The van der Waals surface area contributed by atoms with Gasteiger partial charge in [0.15, 0.2) is 0 Å². The second-order valence-electron chi connectivity index (χ2n) is 5.80. The molecule has 1 saturated carbocycles. The SMILES string of the molecule is N#CC1(C(O)c2cccc3ccccc23)CCCCC1. The molecule has 2 nitrogen and oxygen atoms in total. The van der Waals surface area contributed by atoms with E-state index in [1.54, 1.807) is 0 Å². The quantitative estimate of drug-likeness (QED) is 0.877. The maximum Gasteiger partial charge on any atom is 0.0982 e. The third kappa shape index (κ3) is 2.09. The van der Waals surface area contributed by atoms with Crippen molar-refractivity contribution in [2.24, 2.45) is 5.41 Å². The highest BCUT2D eigenvalue weighted by atomic mass is 16.3. The molecule has 0 radical (unpaired) electrons. The molecule has 1 aliphatic carbocycles. The van der Waals surface area contributed by atoms with Gasteiger partial charge in [0.2, 0.25) is 0 Å². The summed E-state index contributed by atoms with van der Waals surface area (Å²) >= 11 is 0. The molecule has 0 aromatic heterocycles. The van der Waals surface area contributed by atoms with Crippen LogP contribution < -0.4 is 0 Å². The molecule has 1 fully saturated rings. The fourth-order valence-corrected chi connectivity index (χ4v) is 3.42. The topological polar surface area (TPSA) is 44.0 Å². The first kappa shape index (κ1) is 13.1. The van der Waals surface area contributed by atoms with Gasteiger partial charge in [-0.25, -0.2) is 0 Å². The molecule has 0 amide bonds. The van der Waals surface area contributed by atoms with E-state index in [4.69, 9.17) is 0 Å². The van der Waals surface area contributed by atoms with Gasteiger partial charge < -0.3 is 5.11 Å². The van der Waals surface area contributed by atoms with E-state index in [2.05, 4.69) is 6.07 Å². The summed E-state index contributed by atoms with van der Waals surface area (Å²) in [6.07, 6.45) is 4.15. The highest BCUT2D eigenvalue weighted by Gasteiger charge is 2.40. The van der Waals surface area contributed by atoms with Crippen molar-refractivity contribution in [2.75, 3.05) is 0 Å². The van der Waals surface area contributed by atoms with Crippen LogP contribution in [-0.4, -0.2) is 5.11 Å². The number of nitrogens with zero attached hydrogens (tertiary/aromatic N) is 1. The lowest BCUT2D eigenvalue weighted by Crippen LogP contribution is -2.30. The molecule has 20 heavy (non-hydrogen) atoms. The van der Waals surface area contributed by atoms with E-state index >= 15 is 0 Å². The summed E-state index contributed by atoms with van der Waals surface area (Å²) in [4.78, 5) is 0. The monoisotopic (exact) mass is 265 g/mol. The molecule has 0 heterocycles. The van der Waals surface area contributed by atoms with Crippen molar-refractivity contribution < 1.29 is 5.11 Å². The number of aliphatic hydroxyl groups excluding tert-OH is 1. The van der Waals surface area contributed by atoms with Crippen LogP contribution in [0.5, 0.6) is 0 Å². The Morgan fingerprint density at radius 3 is 2.45 bits per heavy atom. The molecule has 102 valence electrons. The number of benzene rings is 2. The number of hydrogen-bond acceptors (Lipinski definition) is 2. The van der Waals surface area contributed by atoms with E-state index in [9.17, 15) is 10.4 Å². The Labute approximate surface area is 119 Å². The van der Waals surface area contributed by atoms with Gasteiger partial charge in [-0.2, -0.15) is 5.26 Å². The van der Waals surface area contributed by atoms with Crippen molar-refractivity contribution in [2.45, 2.75) is 38.2 Å². The normalized spacial score (nSPS) is 19.4. The lowest BCUT2D eigenvalue weighted by molar-refractivity contribution is 0.0371. The lowest BCUT2D eigenvalue weighted by atomic mass is 9.69. The predicted molar refractivity (Wildman–Crippen MR) is 80.0 cm³/mol. The zero-order valence-electron chi connectivity index (χ0n) is 11.5. The van der Waals surface area contributed by atoms with Crippen LogP contribution in [0.1, 0.15) is 43.8 Å². The molecule has 1 unspecified atom stereocenters. The van der Waals surface area contributed by atoms with Crippen LogP contribution in [0.25, 0.3) is 10.8 Å². The first-order valence-corrected chi connectivity index (χ1v) is 7.34. The molecular weight excluding hydrogens is 246 g/mol. The van der Waals surface area contributed by atoms with Gasteiger partial charge in [0.1, 0.15) is 0 Å². The summed E-state index contributed by atoms with van der Waals surface area (Å²) in [6.45, 7) is 0. The highest BCUT2D eigenvalue weighted by Crippen LogP contribution is 2.46. The van der Waals surface area contributed by atoms with Gasteiger partial charge in [-0.3, -0.25) is 0 Å². The molecule has 2 aromatic rings. The summed E-state index contributed by atoms with van der Waals surface area (Å²) in [6, 6.07) is 16.5. The molecule has 0 aliphatic heterocycles. The van der Waals surface area contributed by atoms with Crippen molar-refractivity contribution in [1.29, 1.82) is 5.26 Å². The summed E-state index contributed by atoms with van der Waals surface area (Å²) in [7, 11) is 0. The Morgan fingerprint density at radius 2 is 1.70 bits per heavy atom. The van der Waals surface area contributed by atoms with E-state index in [-0.39, 0.29) is 0 Å². The fraction of sp³-hybridized carbons (Fsp3) is 0.389. The molecule has 1 aliphatic rings. The van der Waals surface area contributed by atoms with E-state index in [1.807, 2.05) is 42.5 Å². The number of aliphatic hydroxyl groups is 1. The molecule has 1 atom stereocenters. The predicted octanol–water partition coefficient (Wildman–Crippen LogP) is 4.35. The molecule has 0 bridgehead atoms. The number of nitriles is 1. The van der Waals surface area contributed by atoms with Crippen molar-refractivity contribution in [3.8, 4) is 6.07 Å². The maximum atomic E-state index is 10.9. The summed E-state index contributed by atoms with van der Waals surface area (Å²) in [5.74, 6) is 0. The van der Waals surface area contributed by atoms with E-state index < -0.39 is 11.5 Å². The third-order valence-corrected chi connectivity index (χ3v) is 4.61. The van der Waals surface area contributed by atoms with Gasteiger partial charge in [-0.05, 0) is 29.2 Å². The Morgan fingerprint density at radius 1 is 1.00 bits per heavy atom. The number of fused-ring (bicyclic) bond motifs is 1. The Bertz CT molecular complexity index is 645. The van der Waals surface area contributed by atoms with Gasteiger partial charge in [0.25, 0.3) is 0 Å². The van der Waals surface area contributed by atoms with Gasteiger partial charge in [-0.1, -0.05) is 61.7 Å². The van der Waals surface area contributed by atoms with Crippen LogP contribution in [0.4, 0.5) is 0 Å². The molecule has 1 N–H and O–H groups in total. The number of rotatable bonds is 2. The van der Waals surface area contributed by atoms with Crippen LogP contribution in [-0.2, 0) is 0 Å². The van der Waals surface area contributed by atoms with Crippen LogP contribution in [0.2, 0.25) is 0 Å². The fourth-order valence-electron chi connectivity index (χ4n) is 3.42. The van der Waals surface area contributed by atoms with Crippen molar-refractivity contribution in [3.05, 3.63) is 48.0 Å². The first-order chi connectivity index (χ1) is 9.77. The molecule has 2 aromatic carbocycles. The molecular formula is C18H19NO. The molecule has 0 saturated heterocycles. The van der Waals surface area contributed by atoms with Crippen LogP contribution >= 0.6 is 0 Å². The minimum atomic E-state index is -0.695. The second-order valence-corrected chi connectivity index (χ2v) is 5.80. The van der Waals surface area contributed by atoms with E-state index in [1.165, 1.54) is 6.42 Å². The summed E-state index contributed by atoms with van der Waals surface area (Å²) < 4.78 is 0. The van der Waals surface area contributed by atoms with Crippen molar-refractivity contribution in [3.63, 3.8) is 0 Å².